The minimum atomic E-state index is 0.271. The van der Waals surface area contributed by atoms with Gasteiger partial charge >= 0.3 is 0 Å². The van der Waals surface area contributed by atoms with Gasteiger partial charge in [-0.05, 0) is 43.5 Å². The molecule has 0 amide bonds. The lowest BCUT2D eigenvalue weighted by molar-refractivity contribution is -0.137. The predicted octanol–water partition coefficient (Wildman–Crippen LogP) is 3.26. The van der Waals surface area contributed by atoms with E-state index in [0.717, 1.165) is 57.3 Å². The van der Waals surface area contributed by atoms with Crippen LogP contribution in [0.15, 0.2) is 24.3 Å². The second-order valence-electron chi connectivity index (χ2n) is 6.19. The highest BCUT2D eigenvalue weighted by molar-refractivity contribution is 5.41. The van der Waals surface area contributed by atoms with Crippen molar-refractivity contribution in [2.24, 2.45) is 5.41 Å². The molecule has 1 aromatic carbocycles. The molecule has 0 bridgehead atoms. The SMILES string of the molecule is CC1(COCCCCCCOc2ccc(N)cc2)COC1. The number of ether oxygens (including phenoxy) is 3. The monoisotopic (exact) mass is 293 g/mol. The molecule has 1 heterocycles. The Labute approximate surface area is 127 Å². The van der Waals surface area contributed by atoms with Crippen LogP contribution in [0.3, 0.4) is 0 Å². The Kier molecular flexibility index (Phi) is 6.33. The largest absolute Gasteiger partial charge is 0.494 e. The Hall–Kier alpha value is -1.26. The molecule has 0 aliphatic carbocycles. The van der Waals surface area contributed by atoms with Gasteiger partial charge in [-0.3, -0.25) is 0 Å². The van der Waals surface area contributed by atoms with Gasteiger partial charge in [0.15, 0.2) is 0 Å². The third-order valence-electron chi connectivity index (χ3n) is 3.68. The minimum Gasteiger partial charge on any atom is -0.494 e. The summed E-state index contributed by atoms with van der Waals surface area (Å²) in [6.07, 6.45) is 4.58. The molecule has 1 aliphatic heterocycles. The first-order valence-corrected chi connectivity index (χ1v) is 7.82. The number of nitrogen functional groups attached to an aromatic ring is 1. The molecule has 0 saturated carbocycles. The van der Waals surface area contributed by atoms with Crippen LogP contribution >= 0.6 is 0 Å². The van der Waals surface area contributed by atoms with E-state index in [-0.39, 0.29) is 5.41 Å². The van der Waals surface area contributed by atoms with Gasteiger partial charge in [0.25, 0.3) is 0 Å². The fraction of sp³-hybridized carbons (Fsp3) is 0.647. The molecule has 0 unspecified atom stereocenters. The van der Waals surface area contributed by atoms with Crippen molar-refractivity contribution in [3.05, 3.63) is 24.3 Å². The van der Waals surface area contributed by atoms with Crippen molar-refractivity contribution in [1.82, 2.24) is 0 Å². The minimum absolute atomic E-state index is 0.271. The van der Waals surface area contributed by atoms with E-state index >= 15 is 0 Å². The quantitative estimate of drug-likeness (QED) is 0.531. The molecule has 118 valence electrons. The molecule has 4 heteroatoms. The van der Waals surface area contributed by atoms with Crippen molar-refractivity contribution in [3.8, 4) is 5.75 Å². The Morgan fingerprint density at radius 1 is 1.05 bits per heavy atom. The molecule has 1 saturated heterocycles. The first-order valence-electron chi connectivity index (χ1n) is 7.82. The Bertz CT molecular complexity index is 401. The maximum atomic E-state index is 5.70. The van der Waals surface area contributed by atoms with E-state index in [4.69, 9.17) is 19.9 Å². The standard InChI is InChI=1S/C17H27NO3/c1-17(13-20-14-17)12-19-10-4-2-3-5-11-21-16-8-6-15(18)7-9-16/h6-9H,2-5,10-14,18H2,1H3. The lowest BCUT2D eigenvalue weighted by Gasteiger charge is -2.37. The summed E-state index contributed by atoms with van der Waals surface area (Å²) >= 11 is 0. The second-order valence-corrected chi connectivity index (χ2v) is 6.19. The van der Waals surface area contributed by atoms with Gasteiger partial charge in [0.05, 0.1) is 26.4 Å². The van der Waals surface area contributed by atoms with Crippen molar-refractivity contribution in [2.75, 3.05) is 38.8 Å². The van der Waals surface area contributed by atoms with Crippen molar-refractivity contribution < 1.29 is 14.2 Å². The summed E-state index contributed by atoms with van der Waals surface area (Å²) < 4.78 is 16.6. The molecule has 1 aliphatic rings. The van der Waals surface area contributed by atoms with E-state index in [1.54, 1.807) is 0 Å². The van der Waals surface area contributed by atoms with Gasteiger partial charge in [-0.2, -0.15) is 0 Å². The number of anilines is 1. The smallest absolute Gasteiger partial charge is 0.119 e. The van der Waals surface area contributed by atoms with Gasteiger partial charge in [-0.25, -0.2) is 0 Å². The highest BCUT2D eigenvalue weighted by atomic mass is 16.5. The van der Waals surface area contributed by atoms with Crippen LogP contribution in [-0.4, -0.2) is 33.0 Å². The molecule has 21 heavy (non-hydrogen) atoms. The van der Waals surface area contributed by atoms with E-state index in [9.17, 15) is 0 Å². The molecule has 0 spiro atoms. The average Bonchev–Trinajstić information content (AvgIpc) is 2.45. The van der Waals surface area contributed by atoms with Gasteiger partial charge < -0.3 is 19.9 Å². The molecule has 1 aromatic rings. The maximum absolute atomic E-state index is 5.70. The highest BCUT2D eigenvalue weighted by Gasteiger charge is 2.33. The first-order chi connectivity index (χ1) is 10.2. The zero-order chi connectivity index (χ0) is 15.0. The lowest BCUT2D eigenvalue weighted by atomic mass is 9.90. The fourth-order valence-electron chi connectivity index (χ4n) is 2.27. The summed E-state index contributed by atoms with van der Waals surface area (Å²) in [5.74, 6) is 0.892. The van der Waals surface area contributed by atoms with Gasteiger partial charge in [0.1, 0.15) is 5.75 Å². The zero-order valence-corrected chi connectivity index (χ0v) is 13.0. The van der Waals surface area contributed by atoms with E-state index in [1.165, 1.54) is 12.8 Å². The molecule has 0 aromatic heterocycles. The zero-order valence-electron chi connectivity index (χ0n) is 13.0. The number of unbranched alkanes of at least 4 members (excludes halogenated alkanes) is 3. The summed E-state index contributed by atoms with van der Waals surface area (Å²) in [4.78, 5) is 0. The topological polar surface area (TPSA) is 53.7 Å². The molecule has 2 N–H and O–H groups in total. The average molecular weight is 293 g/mol. The number of benzene rings is 1. The van der Waals surface area contributed by atoms with Gasteiger partial charge in [0, 0.05) is 17.7 Å². The van der Waals surface area contributed by atoms with Crippen LogP contribution in [0, 0.1) is 5.41 Å². The molecule has 2 rings (SSSR count). The van der Waals surface area contributed by atoms with E-state index in [2.05, 4.69) is 6.92 Å². The van der Waals surface area contributed by atoms with Crippen LogP contribution in [0.2, 0.25) is 0 Å². The third-order valence-corrected chi connectivity index (χ3v) is 3.68. The summed E-state index contributed by atoms with van der Waals surface area (Å²) in [5.41, 5.74) is 6.66. The number of hydrogen-bond acceptors (Lipinski definition) is 4. The van der Waals surface area contributed by atoms with Gasteiger partial charge in [-0.15, -0.1) is 0 Å². The normalized spacial score (nSPS) is 16.4. The first kappa shape index (κ1) is 16.1. The Balaban J connectivity index is 1.39. The fourth-order valence-corrected chi connectivity index (χ4v) is 2.27. The van der Waals surface area contributed by atoms with Crippen LogP contribution in [-0.2, 0) is 9.47 Å². The van der Waals surface area contributed by atoms with Gasteiger partial charge in [-0.1, -0.05) is 13.3 Å². The van der Waals surface area contributed by atoms with Crippen molar-refractivity contribution in [1.29, 1.82) is 0 Å². The van der Waals surface area contributed by atoms with Crippen LogP contribution in [0.5, 0.6) is 5.75 Å². The van der Waals surface area contributed by atoms with Crippen molar-refractivity contribution in [2.45, 2.75) is 32.6 Å². The molecule has 4 nitrogen and oxygen atoms in total. The van der Waals surface area contributed by atoms with Gasteiger partial charge in [0.2, 0.25) is 0 Å². The summed E-state index contributed by atoms with van der Waals surface area (Å²) in [5, 5.41) is 0. The molecular formula is C17H27NO3. The lowest BCUT2D eigenvalue weighted by Crippen LogP contribution is -2.43. The summed E-state index contributed by atoms with van der Waals surface area (Å²) in [7, 11) is 0. The van der Waals surface area contributed by atoms with Crippen LogP contribution in [0.4, 0.5) is 5.69 Å². The van der Waals surface area contributed by atoms with Crippen LogP contribution in [0.1, 0.15) is 32.6 Å². The van der Waals surface area contributed by atoms with E-state index in [0.29, 0.717) is 0 Å². The van der Waals surface area contributed by atoms with Crippen LogP contribution in [0.25, 0.3) is 0 Å². The second kappa shape index (κ2) is 8.25. The van der Waals surface area contributed by atoms with Crippen LogP contribution < -0.4 is 10.5 Å². The molecule has 1 fully saturated rings. The summed E-state index contributed by atoms with van der Waals surface area (Å²) in [6.45, 7) is 6.35. The molecular weight excluding hydrogens is 266 g/mol. The maximum Gasteiger partial charge on any atom is 0.119 e. The Morgan fingerprint density at radius 2 is 1.71 bits per heavy atom. The van der Waals surface area contributed by atoms with E-state index < -0.39 is 0 Å². The number of hydrogen-bond donors (Lipinski definition) is 1. The van der Waals surface area contributed by atoms with Crippen molar-refractivity contribution >= 4 is 5.69 Å². The molecule has 0 radical (unpaired) electrons. The number of rotatable bonds is 10. The van der Waals surface area contributed by atoms with E-state index in [1.807, 2.05) is 24.3 Å². The Morgan fingerprint density at radius 3 is 2.33 bits per heavy atom. The highest BCUT2D eigenvalue weighted by Crippen LogP contribution is 2.26. The molecule has 0 atom stereocenters. The van der Waals surface area contributed by atoms with Crippen molar-refractivity contribution in [3.63, 3.8) is 0 Å². The number of nitrogens with two attached hydrogens (primary N) is 1. The predicted molar refractivity (Wildman–Crippen MR) is 84.6 cm³/mol. The third kappa shape index (κ3) is 5.94. The summed E-state index contributed by atoms with van der Waals surface area (Å²) in [6, 6.07) is 7.54.